The Labute approximate surface area is 168 Å². The van der Waals surface area contributed by atoms with E-state index >= 15 is 0 Å². The van der Waals surface area contributed by atoms with Crippen molar-refractivity contribution in [3.05, 3.63) is 70.0 Å². The SMILES string of the molecule is C.Cc1c(C)c(C)n2c3[n+](c(C)c2c1C)C(C)(C)c1c-3ccc2ccccc12. The van der Waals surface area contributed by atoms with Crippen LogP contribution in [0.1, 0.15) is 54.9 Å². The number of hydrogen-bond acceptors (Lipinski definition) is 0. The molecular formula is C26H31N2+. The summed E-state index contributed by atoms with van der Waals surface area (Å²) in [4.78, 5) is 0. The van der Waals surface area contributed by atoms with Gasteiger partial charge in [0.2, 0.25) is 0 Å². The zero-order valence-corrected chi connectivity index (χ0v) is 17.4. The van der Waals surface area contributed by atoms with Gasteiger partial charge in [0.25, 0.3) is 5.82 Å². The topological polar surface area (TPSA) is 8.29 Å². The first-order valence-corrected chi connectivity index (χ1v) is 9.83. The van der Waals surface area contributed by atoms with E-state index in [0.29, 0.717) is 0 Å². The van der Waals surface area contributed by atoms with Crippen LogP contribution in [0.2, 0.25) is 0 Å². The summed E-state index contributed by atoms with van der Waals surface area (Å²) in [6.45, 7) is 16.1. The lowest BCUT2D eigenvalue weighted by molar-refractivity contribution is -0.734. The van der Waals surface area contributed by atoms with Gasteiger partial charge in [0.1, 0.15) is 16.9 Å². The van der Waals surface area contributed by atoms with E-state index in [1.807, 2.05) is 0 Å². The van der Waals surface area contributed by atoms with Crippen LogP contribution >= 0.6 is 0 Å². The standard InChI is InChI=1S/C25H27N2.CH4/c1-14-15(2)17(4)26-23(16(14)3)18(5)27-24(26)21-13-12-19-10-8-9-11-20(19)22(21)25(27,6)7;/h8-13H,1-7H3;1H4/q+1;. The molecule has 0 aliphatic carbocycles. The molecule has 3 heterocycles. The third kappa shape index (κ3) is 1.96. The number of pyridine rings is 1. The average molecular weight is 372 g/mol. The van der Waals surface area contributed by atoms with E-state index in [1.54, 1.807) is 0 Å². The van der Waals surface area contributed by atoms with Crippen molar-refractivity contribution in [1.82, 2.24) is 4.40 Å². The zero-order valence-electron chi connectivity index (χ0n) is 17.4. The summed E-state index contributed by atoms with van der Waals surface area (Å²) >= 11 is 0. The summed E-state index contributed by atoms with van der Waals surface area (Å²) in [6, 6.07) is 13.4. The van der Waals surface area contributed by atoms with Crippen LogP contribution in [0.3, 0.4) is 0 Å². The van der Waals surface area contributed by atoms with Gasteiger partial charge in [0.05, 0.1) is 5.56 Å². The molecule has 0 fully saturated rings. The molecular weight excluding hydrogens is 340 g/mol. The molecule has 0 atom stereocenters. The van der Waals surface area contributed by atoms with Gasteiger partial charge in [0.15, 0.2) is 5.52 Å². The third-order valence-corrected chi connectivity index (χ3v) is 7.02. The van der Waals surface area contributed by atoms with Crippen LogP contribution in [0.15, 0.2) is 36.4 Å². The largest absolute Gasteiger partial charge is 0.295 e. The number of fused-ring (bicyclic) bond motifs is 7. The smallest absolute Gasteiger partial charge is 0.217 e. The molecule has 0 radical (unpaired) electrons. The summed E-state index contributed by atoms with van der Waals surface area (Å²) in [5.74, 6) is 1.33. The fourth-order valence-electron chi connectivity index (χ4n) is 5.45. The molecule has 0 amide bonds. The fraction of sp³-hybridized carbons (Fsp3) is 0.346. The van der Waals surface area contributed by atoms with Crippen molar-refractivity contribution in [2.75, 3.05) is 0 Å². The summed E-state index contributed by atoms with van der Waals surface area (Å²) in [7, 11) is 0. The van der Waals surface area contributed by atoms with E-state index in [2.05, 4.69) is 93.8 Å². The van der Waals surface area contributed by atoms with E-state index < -0.39 is 0 Å². The van der Waals surface area contributed by atoms with E-state index in [1.165, 1.54) is 61.3 Å². The second-order valence-electron chi connectivity index (χ2n) is 8.66. The molecule has 1 aliphatic heterocycles. The minimum Gasteiger partial charge on any atom is -0.217 e. The Morgan fingerprint density at radius 3 is 2.21 bits per heavy atom. The predicted octanol–water partition coefficient (Wildman–Crippen LogP) is 6.32. The first kappa shape index (κ1) is 18.7. The predicted molar refractivity (Wildman–Crippen MR) is 119 cm³/mol. The Hall–Kier alpha value is -2.61. The number of aromatic nitrogens is 2. The summed E-state index contributed by atoms with van der Waals surface area (Å²) in [5.41, 5.74) is 11.0. The zero-order chi connectivity index (χ0) is 19.2. The van der Waals surface area contributed by atoms with Crippen LogP contribution in [0.4, 0.5) is 0 Å². The van der Waals surface area contributed by atoms with Gasteiger partial charge < -0.3 is 0 Å². The fourth-order valence-corrected chi connectivity index (χ4v) is 5.45. The Morgan fingerprint density at radius 1 is 0.821 bits per heavy atom. The highest BCUT2D eigenvalue weighted by Crippen LogP contribution is 2.44. The molecule has 0 N–H and O–H groups in total. The minimum atomic E-state index is -0.0810. The maximum Gasteiger partial charge on any atom is 0.295 e. The minimum absolute atomic E-state index is 0. The second-order valence-corrected chi connectivity index (χ2v) is 8.66. The molecule has 2 aromatic carbocycles. The van der Waals surface area contributed by atoms with Gasteiger partial charge in [0, 0.05) is 18.1 Å². The molecule has 2 heteroatoms. The molecule has 0 saturated heterocycles. The molecule has 1 aliphatic rings. The normalized spacial score (nSPS) is 14.2. The first-order chi connectivity index (χ1) is 12.8. The Balaban J connectivity index is 0.00000192. The number of benzene rings is 2. The Bertz CT molecular complexity index is 1290. The second kappa shape index (κ2) is 5.70. The summed E-state index contributed by atoms with van der Waals surface area (Å²) in [5, 5.41) is 2.69. The first-order valence-electron chi connectivity index (χ1n) is 9.83. The summed E-state index contributed by atoms with van der Waals surface area (Å²) in [6.07, 6.45) is 0. The van der Waals surface area contributed by atoms with Crippen LogP contribution in [-0.4, -0.2) is 4.40 Å². The molecule has 0 bridgehead atoms. The number of rotatable bonds is 0. The van der Waals surface area contributed by atoms with Crippen LogP contribution in [0.5, 0.6) is 0 Å². The Morgan fingerprint density at radius 2 is 1.50 bits per heavy atom. The quantitative estimate of drug-likeness (QED) is 0.320. The Kier molecular flexibility index (Phi) is 3.81. The van der Waals surface area contributed by atoms with Gasteiger partial charge in [-0.3, -0.25) is 0 Å². The van der Waals surface area contributed by atoms with E-state index in [0.717, 1.165) is 0 Å². The highest BCUT2D eigenvalue weighted by molar-refractivity contribution is 5.93. The monoisotopic (exact) mass is 371 g/mol. The van der Waals surface area contributed by atoms with Gasteiger partial charge in [-0.25, -0.2) is 4.57 Å². The molecule has 5 rings (SSSR count). The van der Waals surface area contributed by atoms with Gasteiger partial charge in [-0.15, -0.1) is 0 Å². The van der Waals surface area contributed by atoms with Crippen LogP contribution < -0.4 is 4.57 Å². The van der Waals surface area contributed by atoms with Crippen LogP contribution in [0.25, 0.3) is 27.7 Å². The molecule has 2 aromatic heterocycles. The lowest BCUT2D eigenvalue weighted by atomic mass is 9.88. The molecule has 144 valence electrons. The lowest BCUT2D eigenvalue weighted by Crippen LogP contribution is -2.51. The highest BCUT2D eigenvalue weighted by Gasteiger charge is 2.47. The molecule has 0 unspecified atom stereocenters. The number of nitrogens with zero attached hydrogens (tertiary/aromatic N) is 2. The number of aryl methyl sites for hydroxylation is 3. The average Bonchev–Trinajstić information content (AvgIpc) is 3.09. The molecule has 4 aromatic rings. The molecule has 0 spiro atoms. The van der Waals surface area contributed by atoms with Crippen molar-refractivity contribution in [2.45, 2.75) is 61.4 Å². The van der Waals surface area contributed by atoms with Crippen molar-refractivity contribution in [2.24, 2.45) is 0 Å². The maximum atomic E-state index is 2.57. The van der Waals surface area contributed by atoms with E-state index in [4.69, 9.17) is 0 Å². The van der Waals surface area contributed by atoms with Crippen molar-refractivity contribution in [1.29, 1.82) is 0 Å². The van der Waals surface area contributed by atoms with Crippen LogP contribution in [0, 0.1) is 34.6 Å². The maximum absolute atomic E-state index is 2.57. The van der Waals surface area contributed by atoms with Crippen molar-refractivity contribution >= 4 is 16.3 Å². The van der Waals surface area contributed by atoms with E-state index in [9.17, 15) is 0 Å². The number of hydrogen-bond donors (Lipinski definition) is 0. The van der Waals surface area contributed by atoms with Gasteiger partial charge >= 0.3 is 0 Å². The number of imidazole rings is 1. The van der Waals surface area contributed by atoms with Crippen LogP contribution in [-0.2, 0) is 5.54 Å². The van der Waals surface area contributed by atoms with Crippen molar-refractivity contribution in [3.8, 4) is 11.4 Å². The molecule has 28 heavy (non-hydrogen) atoms. The van der Waals surface area contributed by atoms with Gasteiger partial charge in [-0.1, -0.05) is 37.8 Å². The van der Waals surface area contributed by atoms with Crippen molar-refractivity contribution in [3.63, 3.8) is 0 Å². The van der Waals surface area contributed by atoms with Gasteiger partial charge in [-0.2, -0.15) is 4.40 Å². The molecule has 0 saturated carbocycles. The van der Waals surface area contributed by atoms with Gasteiger partial charge in [-0.05, 0) is 69.5 Å². The summed E-state index contributed by atoms with van der Waals surface area (Å²) < 4.78 is 5.08. The molecule has 2 nitrogen and oxygen atoms in total. The highest BCUT2D eigenvalue weighted by atomic mass is 15.2. The third-order valence-electron chi connectivity index (χ3n) is 7.02. The van der Waals surface area contributed by atoms with E-state index in [-0.39, 0.29) is 13.0 Å². The lowest BCUT2D eigenvalue weighted by Gasteiger charge is -2.20. The van der Waals surface area contributed by atoms with Crippen molar-refractivity contribution < 1.29 is 4.57 Å².